The van der Waals surface area contributed by atoms with Gasteiger partial charge in [-0.3, -0.25) is 0 Å². The molecule has 0 radical (unpaired) electrons. The van der Waals surface area contributed by atoms with E-state index in [0.717, 1.165) is 0 Å². The molecule has 0 aromatic heterocycles. The zero-order valence-electron chi connectivity index (χ0n) is 18.6. The van der Waals surface area contributed by atoms with Crippen LogP contribution < -0.4 is 0 Å². The van der Waals surface area contributed by atoms with Crippen LogP contribution in [0.3, 0.4) is 0 Å². The zero-order chi connectivity index (χ0) is 23.4. The fraction of sp³-hybridized carbons (Fsp3) is 0.478. The van der Waals surface area contributed by atoms with Crippen LogP contribution in [0.1, 0.15) is 61.0 Å². The van der Waals surface area contributed by atoms with Crippen molar-refractivity contribution in [1.29, 1.82) is 0 Å². The van der Waals surface area contributed by atoms with E-state index in [4.69, 9.17) is 0 Å². The van der Waals surface area contributed by atoms with Gasteiger partial charge in [-0.15, -0.1) is 0 Å². The predicted octanol–water partition coefficient (Wildman–Crippen LogP) is 5.70. The summed E-state index contributed by atoms with van der Waals surface area (Å²) in [5.74, 6) is -2.92. The Morgan fingerprint density at radius 1 is 0.967 bits per heavy atom. The van der Waals surface area contributed by atoms with Crippen LogP contribution in [0.4, 0.5) is 4.39 Å². The lowest BCUT2D eigenvalue weighted by atomic mass is 9.53. The van der Waals surface area contributed by atoms with Gasteiger partial charge in [0.25, 0.3) is 0 Å². The highest BCUT2D eigenvalue weighted by Crippen LogP contribution is 2.58. The zero-order valence-corrected chi connectivity index (χ0v) is 20.2. The van der Waals surface area contributed by atoms with E-state index in [1.165, 1.54) is 18.2 Å². The van der Waals surface area contributed by atoms with E-state index in [9.17, 15) is 24.2 Å². The number of halogens is 2. The Morgan fingerprint density at radius 3 is 1.70 bits per heavy atom. The van der Waals surface area contributed by atoms with Gasteiger partial charge in [0, 0.05) is 16.9 Å². The largest absolute Gasteiger partial charge is 0.478 e. The van der Waals surface area contributed by atoms with Crippen molar-refractivity contribution in [2.45, 2.75) is 66.3 Å². The lowest BCUT2D eigenvalue weighted by Crippen LogP contribution is -2.55. The fourth-order valence-corrected chi connectivity index (χ4v) is 5.36. The number of carbonyl (C=O) groups is 2. The maximum atomic E-state index is 14.1. The Labute approximate surface area is 185 Å². The second kappa shape index (κ2) is 7.52. The molecule has 0 bridgehead atoms. The Kier molecular flexibility index (Phi) is 6.05. The van der Waals surface area contributed by atoms with Crippen LogP contribution in [-0.2, 0) is 15.0 Å². The van der Waals surface area contributed by atoms with Gasteiger partial charge in [-0.2, -0.15) is 0 Å². The molecule has 0 fully saturated rings. The monoisotopic (exact) mass is 481 g/mol. The third-order valence-electron chi connectivity index (χ3n) is 5.72. The molecule has 7 heteroatoms. The first-order chi connectivity index (χ1) is 13.5. The van der Waals surface area contributed by atoms with Crippen molar-refractivity contribution >= 4 is 27.9 Å². The summed E-state index contributed by atoms with van der Waals surface area (Å²) in [5, 5.41) is 20.8. The molecule has 1 heterocycles. The second-order valence-corrected chi connectivity index (χ2v) is 10.5. The average molecular weight is 482 g/mol. The first kappa shape index (κ1) is 24.1. The van der Waals surface area contributed by atoms with Crippen LogP contribution in [-0.4, -0.2) is 32.6 Å². The van der Waals surface area contributed by atoms with Gasteiger partial charge in [0.05, 0.1) is 21.0 Å². The van der Waals surface area contributed by atoms with Crippen LogP contribution in [0.2, 0.25) is 0 Å². The summed E-state index contributed by atoms with van der Waals surface area (Å²) in [5.41, 5.74) is -1.64. The van der Waals surface area contributed by atoms with E-state index in [1.54, 1.807) is 18.7 Å². The number of benzene rings is 1. The highest BCUT2D eigenvalue weighted by Gasteiger charge is 2.59. The Balaban J connectivity index is 3.22. The summed E-state index contributed by atoms with van der Waals surface area (Å²) < 4.78 is 14.2. The van der Waals surface area contributed by atoms with Gasteiger partial charge in [0.1, 0.15) is 5.82 Å². The lowest BCUT2D eigenvalue weighted by molar-refractivity contribution is -0.135. The molecule has 164 valence electrons. The minimum Gasteiger partial charge on any atom is -0.478 e. The molecule has 5 nitrogen and oxygen atoms in total. The lowest BCUT2D eigenvalue weighted by Gasteiger charge is -2.54. The van der Waals surface area contributed by atoms with Gasteiger partial charge >= 0.3 is 11.9 Å². The number of nitrogens with zero attached hydrogens (tertiary/aromatic N) is 1. The SMILES string of the molecule is CC1=C(C(=O)O)C(c2ccc(F)c(Br)c2)(C(C)(C)C)C(C(=O)O)=C(C)N1C(C)(C)C. The quantitative estimate of drug-likeness (QED) is 0.578. The van der Waals surface area contributed by atoms with Gasteiger partial charge in [-0.1, -0.05) is 26.8 Å². The molecule has 0 saturated heterocycles. The number of carboxylic acids is 2. The molecule has 0 saturated carbocycles. The topological polar surface area (TPSA) is 77.8 Å². The first-order valence-electron chi connectivity index (χ1n) is 9.64. The minimum atomic E-state index is -1.52. The van der Waals surface area contributed by atoms with Crippen molar-refractivity contribution in [3.05, 3.63) is 56.6 Å². The van der Waals surface area contributed by atoms with Crippen molar-refractivity contribution in [1.82, 2.24) is 4.90 Å². The van der Waals surface area contributed by atoms with Crippen molar-refractivity contribution in [2.24, 2.45) is 5.41 Å². The third-order valence-corrected chi connectivity index (χ3v) is 6.33. The molecule has 2 N–H and O–H groups in total. The van der Waals surface area contributed by atoms with Gasteiger partial charge in [0.2, 0.25) is 0 Å². The molecular formula is C23H29BrFNO4. The van der Waals surface area contributed by atoms with Crippen molar-refractivity contribution in [3.8, 4) is 0 Å². The summed E-state index contributed by atoms with van der Waals surface area (Å²) in [6.45, 7) is 14.5. The number of aliphatic carboxylic acids is 2. The second-order valence-electron chi connectivity index (χ2n) is 9.67. The first-order valence-corrected chi connectivity index (χ1v) is 10.4. The number of carboxylic acid groups (broad SMARTS) is 2. The maximum Gasteiger partial charge on any atom is 0.334 e. The summed E-state index contributed by atoms with van der Waals surface area (Å²) in [6.07, 6.45) is 0. The number of hydrogen-bond acceptors (Lipinski definition) is 3. The Morgan fingerprint density at radius 2 is 1.40 bits per heavy atom. The summed E-state index contributed by atoms with van der Waals surface area (Å²) in [6, 6.07) is 4.19. The summed E-state index contributed by atoms with van der Waals surface area (Å²) >= 11 is 3.18. The van der Waals surface area contributed by atoms with Crippen molar-refractivity contribution in [3.63, 3.8) is 0 Å². The van der Waals surface area contributed by atoms with E-state index in [0.29, 0.717) is 17.0 Å². The molecule has 0 spiro atoms. The average Bonchev–Trinajstić information content (AvgIpc) is 2.53. The minimum absolute atomic E-state index is 0.0218. The van der Waals surface area contributed by atoms with Crippen LogP contribution in [0.5, 0.6) is 0 Å². The number of allylic oxidation sites excluding steroid dienone is 2. The van der Waals surface area contributed by atoms with Crippen molar-refractivity contribution in [2.75, 3.05) is 0 Å². The standard InChI is InChI=1S/C23H29BrFNO4/c1-12-17(19(27)28)23(21(3,4)5,14-9-10-16(25)15(24)11-14)18(20(29)30)13(2)26(12)22(6,7)8/h9-11H,1-8H3,(H,27,28)(H,29,30). The van der Waals surface area contributed by atoms with Gasteiger partial charge in [0.15, 0.2) is 0 Å². The molecule has 0 atom stereocenters. The van der Waals surface area contributed by atoms with Crippen LogP contribution in [0, 0.1) is 11.2 Å². The Hall–Kier alpha value is -2.15. The number of rotatable bonds is 3. The van der Waals surface area contributed by atoms with E-state index in [2.05, 4.69) is 15.9 Å². The molecule has 1 aromatic carbocycles. The molecule has 1 aromatic rings. The molecule has 2 rings (SSSR count). The van der Waals surface area contributed by atoms with Gasteiger partial charge < -0.3 is 15.1 Å². The maximum absolute atomic E-state index is 14.1. The molecule has 0 aliphatic carbocycles. The van der Waals surface area contributed by atoms with Crippen LogP contribution in [0.15, 0.2) is 45.2 Å². The van der Waals surface area contributed by atoms with E-state index in [1.807, 2.05) is 41.5 Å². The molecule has 0 amide bonds. The molecular weight excluding hydrogens is 453 g/mol. The Bertz CT molecular complexity index is 942. The van der Waals surface area contributed by atoms with E-state index < -0.39 is 34.1 Å². The molecule has 1 aliphatic heterocycles. The van der Waals surface area contributed by atoms with Crippen LogP contribution in [0.25, 0.3) is 0 Å². The number of hydrogen-bond donors (Lipinski definition) is 2. The molecule has 1 aliphatic rings. The highest BCUT2D eigenvalue weighted by molar-refractivity contribution is 9.10. The molecule has 0 unspecified atom stereocenters. The van der Waals surface area contributed by atoms with Gasteiger partial charge in [-0.05, 0) is 73.7 Å². The predicted molar refractivity (Wildman–Crippen MR) is 117 cm³/mol. The molecule has 30 heavy (non-hydrogen) atoms. The third kappa shape index (κ3) is 3.47. The summed E-state index contributed by atoms with van der Waals surface area (Å²) in [7, 11) is 0. The smallest absolute Gasteiger partial charge is 0.334 e. The van der Waals surface area contributed by atoms with Gasteiger partial charge in [-0.25, -0.2) is 14.0 Å². The fourth-order valence-electron chi connectivity index (χ4n) is 4.98. The van der Waals surface area contributed by atoms with E-state index >= 15 is 0 Å². The van der Waals surface area contributed by atoms with Crippen molar-refractivity contribution < 1.29 is 24.2 Å². The summed E-state index contributed by atoms with van der Waals surface area (Å²) in [4.78, 5) is 27.2. The highest BCUT2D eigenvalue weighted by atomic mass is 79.9. The van der Waals surface area contributed by atoms with E-state index in [-0.39, 0.29) is 15.6 Å². The normalized spacial score (nSPS) is 17.5. The van der Waals surface area contributed by atoms with Crippen LogP contribution >= 0.6 is 15.9 Å².